The normalized spacial score (nSPS) is 18.1. The fraction of sp³-hybridized carbons (Fsp3) is 0.400. The van der Waals surface area contributed by atoms with Gasteiger partial charge in [-0.25, -0.2) is 9.78 Å². The molecule has 0 saturated carbocycles. The lowest BCUT2D eigenvalue weighted by atomic mass is 10.0. The second-order valence-electron chi connectivity index (χ2n) is 7.50. The van der Waals surface area contributed by atoms with E-state index in [-0.39, 0.29) is 33.8 Å². The number of hydrogen-bond donors (Lipinski definition) is 3. The van der Waals surface area contributed by atoms with E-state index in [1.165, 1.54) is 18.4 Å². The predicted octanol–water partition coefficient (Wildman–Crippen LogP) is 3.65. The quantitative estimate of drug-likeness (QED) is 0.412. The zero-order chi connectivity index (χ0) is 24.4. The molecule has 3 aromatic heterocycles. The standard InChI is InChI=1S/C20H22Cl2N6O5S/c1-9-13(21)14(22)16(24-9)17(29)25-10-5-7-28(8-12(10)31-2)19-26-15(11-4-6-23-27-11)18(34-19)33-20(30)32-3/h4,6,10,12,24H,5,7-8H2,1-3H3,(H,23,27)(H,25,29)/t10-,12+/m1/s1. The summed E-state index contributed by atoms with van der Waals surface area (Å²) < 4.78 is 15.6. The number of piperidine rings is 1. The minimum absolute atomic E-state index is 0.190. The summed E-state index contributed by atoms with van der Waals surface area (Å²) in [6, 6.07) is 1.47. The first-order valence-corrected chi connectivity index (χ1v) is 11.8. The third-order valence-electron chi connectivity index (χ3n) is 5.41. The van der Waals surface area contributed by atoms with Gasteiger partial charge in [-0.3, -0.25) is 9.89 Å². The molecule has 182 valence electrons. The maximum atomic E-state index is 12.8. The van der Waals surface area contributed by atoms with Gasteiger partial charge < -0.3 is 29.4 Å². The van der Waals surface area contributed by atoms with Crippen molar-refractivity contribution in [3.05, 3.63) is 33.7 Å². The van der Waals surface area contributed by atoms with Crippen LogP contribution in [0, 0.1) is 6.92 Å². The minimum atomic E-state index is -0.842. The van der Waals surface area contributed by atoms with Crippen molar-refractivity contribution in [2.75, 3.05) is 32.2 Å². The molecule has 1 saturated heterocycles. The van der Waals surface area contributed by atoms with E-state index in [0.29, 0.717) is 46.7 Å². The largest absolute Gasteiger partial charge is 0.514 e. The fourth-order valence-electron chi connectivity index (χ4n) is 3.64. The van der Waals surface area contributed by atoms with Gasteiger partial charge in [0.2, 0.25) is 5.06 Å². The molecule has 1 aliphatic rings. The number of H-pyrrole nitrogens is 2. The highest BCUT2D eigenvalue weighted by atomic mass is 35.5. The van der Waals surface area contributed by atoms with E-state index in [4.69, 9.17) is 32.7 Å². The lowest BCUT2D eigenvalue weighted by Crippen LogP contribution is -2.55. The highest BCUT2D eigenvalue weighted by Crippen LogP contribution is 2.40. The van der Waals surface area contributed by atoms with Crippen LogP contribution in [0.25, 0.3) is 11.4 Å². The predicted molar refractivity (Wildman–Crippen MR) is 127 cm³/mol. The Balaban J connectivity index is 1.50. The number of ether oxygens (including phenoxy) is 3. The summed E-state index contributed by atoms with van der Waals surface area (Å²) in [6.07, 6.45) is 0.996. The van der Waals surface area contributed by atoms with Crippen molar-refractivity contribution in [2.45, 2.75) is 25.5 Å². The molecule has 34 heavy (non-hydrogen) atoms. The molecule has 1 amide bonds. The smallest absolute Gasteiger partial charge is 0.437 e. The molecule has 0 spiro atoms. The third kappa shape index (κ3) is 4.85. The number of methoxy groups -OCH3 is 2. The Morgan fingerprint density at radius 1 is 1.29 bits per heavy atom. The molecular weight excluding hydrogens is 507 g/mol. The number of carbonyl (C=O) groups excluding carboxylic acids is 2. The number of halogens is 2. The Bertz CT molecular complexity index is 1180. The number of aromatic nitrogens is 4. The van der Waals surface area contributed by atoms with Crippen molar-refractivity contribution < 1.29 is 23.8 Å². The van der Waals surface area contributed by atoms with Crippen molar-refractivity contribution >= 4 is 51.7 Å². The summed E-state index contributed by atoms with van der Waals surface area (Å²) in [7, 11) is 2.82. The molecule has 3 N–H and O–H groups in total. The summed E-state index contributed by atoms with van der Waals surface area (Å²) in [5, 5.41) is 11.2. The van der Waals surface area contributed by atoms with Crippen molar-refractivity contribution in [1.82, 2.24) is 25.5 Å². The van der Waals surface area contributed by atoms with Crippen LogP contribution < -0.4 is 15.0 Å². The summed E-state index contributed by atoms with van der Waals surface area (Å²) in [4.78, 5) is 34.1. The highest BCUT2D eigenvalue weighted by molar-refractivity contribution is 7.18. The van der Waals surface area contributed by atoms with Gasteiger partial charge in [0.25, 0.3) is 5.91 Å². The lowest BCUT2D eigenvalue weighted by Gasteiger charge is -2.37. The molecule has 0 aromatic carbocycles. The number of nitrogens with one attached hydrogen (secondary N) is 3. The Labute approximate surface area is 208 Å². The van der Waals surface area contributed by atoms with Crippen molar-refractivity contribution in [3.63, 3.8) is 0 Å². The number of rotatable bonds is 6. The molecule has 3 aromatic rings. The molecule has 4 heterocycles. The zero-order valence-electron chi connectivity index (χ0n) is 18.5. The molecule has 1 fully saturated rings. The number of aromatic amines is 2. The topological polar surface area (TPSA) is 134 Å². The zero-order valence-corrected chi connectivity index (χ0v) is 20.8. The maximum absolute atomic E-state index is 12.8. The van der Waals surface area contributed by atoms with E-state index in [0.717, 1.165) is 0 Å². The first-order chi connectivity index (χ1) is 16.3. The summed E-state index contributed by atoms with van der Waals surface area (Å²) in [6.45, 7) is 2.77. The molecule has 2 atom stereocenters. The molecular formula is C20H22Cl2N6O5S. The average Bonchev–Trinajstić information content (AvgIpc) is 3.56. The number of nitrogens with zero attached hydrogens (tertiary/aromatic N) is 3. The van der Waals surface area contributed by atoms with Gasteiger partial charge in [0.15, 0.2) is 5.13 Å². The molecule has 0 radical (unpaired) electrons. The van der Waals surface area contributed by atoms with E-state index >= 15 is 0 Å². The molecule has 4 rings (SSSR count). The van der Waals surface area contributed by atoms with Crippen LogP contribution in [0.1, 0.15) is 22.6 Å². The Kier molecular flexibility index (Phi) is 7.31. The Morgan fingerprint density at radius 3 is 2.71 bits per heavy atom. The number of hydrogen-bond acceptors (Lipinski definition) is 9. The number of aryl methyl sites for hydroxylation is 1. The first kappa shape index (κ1) is 24.3. The minimum Gasteiger partial charge on any atom is -0.437 e. The number of thiazole rings is 1. The Hall–Kier alpha value is -2.80. The van der Waals surface area contributed by atoms with Crippen LogP contribution in [-0.4, -0.2) is 71.7 Å². The fourth-order valence-corrected chi connectivity index (χ4v) is 5.01. The molecule has 0 unspecified atom stereocenters. The lowest BCUT2D eigenvalue weighted by molar-refractivity contribution is 0.0540. The van der Waals surface area contributed by atoms with Gasteiger partial charge in [-0.15, -0.1) is 0 Å². The number of anilines is 1. The van der Waals surface area contributed by atoms with Gasteiger partial charge in [0.1, 0.15) is 11.4 Å². The van der Waals surface area contributed by atoms with Crippen LogP contribution in [0.2, 0.25) is 10.0 Å². The Morgan fingerprint density at radius 2 is 2.09 bits per heavy atom. The second kappa shape index (κ2) is 10.2. The van der Waals surface area contributed by atoms with Gasteiger partial charge in [-0.1, -0.05) is 34.5 Å². The van der Waals surface area contributed by atoms with Gasteiger partial charge in [-0.05, 0) is 19.4 Å². The van der Waals surface area contributed by atoms with Gasteiger partial charge >= 0.3 is 6.16 Å². The average molecular weight is 529 g/mol. The van der Waals surface area contributed by atoms with E-state index in [1.54, 1.807) is 26.3 Å². The van der Waals surface area contributed by atoms with Gasteiger partial charge in [0, 0.05) is 32.1 Å². The van der Waals surface area contributed by atoms with Crippen molar-refractivity contribution in [3.8, 4) is 16.5 Å². The van der Waals surface area contributed by atoms with Crippen LogP contribution in [0.3, 0.4) is 0 Å². The molecule has 0 aliphatic carbocycles. The second-order valence-corrected chi connectivity index (χ2v) is 9.20. The van der Waals surface area contributed by atoms with Crippen LogP contribution in [0.4, 0.5) is 9.93 Å². The van der Waals surface area contributed by atoms with E-state index in [1.807, 2.05) is 4.90 Å². The van der Waals surface area contributed by atoms with Crippen LogP contribution in [0.5, 0.6) is 5.06 Å². The number of amides is 1. The molecule has 11 nitrogen and oxygen atoms in total. The SMILES string of the molecule is COC(=O)Oc1sc(N2CC[C@@H](NC(=O)c3[nH]c(C)c(Cl)c3Cl)[C@@H](OC)C2)nc1-c1ccn[nH]1. The van der Waals surface area contributed by atoms with Crippen LogP contribution in [0.15, 0.2) is 12.3 Å². The van der Waals surface area contributed by atoms with Gasteiger partial charge in [0.05, 0.1) is 35.0 Å². The maximum Gasteiger partial charge on any atom is 0.514 e. The molecule has 0 bridgehead atoms. The van der Waals surface area contributed by atoms with E-state index in [2.05, 4.69) is 30.2 Å². The summed E-state index contributed by atoms with van der Waals surface area (Å²) in [5.41, 5.74) is 1.89. The third-order valence-corrected chi connectivity index (χ3v) is 7.35. The van der Waals surface area contributed by atoms with E-state index < -0.39 is 6.16 Å². The van der Waals surface area contributed by atoms with Crippen LogP contribution in [-0.2, 0) is 9.47 Å². The summed E-state index contributed by atoms with van der Waals surface area (Å²) >= 11 is 13.5. The monoisotopic (exact) mass is 528 g/mol. The molecule has 14 heteroatoms. The van der Waals surface area contributed by atoms with Crippen LogP contribution >= 0.6 is 34.5 Å². The van der Waals surface area contributed by atoms with Crippen molar-refractivity contribution in [2.24, 2.45) is 0 Å². The molecule has 1 aliphatic heterocycles. The van der Waals surface area contributed by atoms with E-state index in [9.17, 15) is 9.59 Å². The van der Waals surface area contributed by atoms with Crippen molar-refractivity contribution in [1.29, 1.82) is 0 Å². The highest BCUT2D eigenvalue weighted by Gasteiger charge is 2.34. The van der Waals surface area contributed by atoms with Gasteiger partial charge in [-0.2, -0.15) is 5.10 Å². The summed E-state index contributed by atoms with van der Waals surface area (Å²) in [5.74, 6) is -0.356. The number of carbonyl (C=O) groups is 2. The first-order valence-electron chi connectivity index (χ1n) is 10.2.